The van der Waals surface area contributed by atoms with E-state index in [9.17, 15) is 0 Å². The largest absolute Gasteiger partial charge is 0.432 e. The first-order valence-electron chi connectivity index (χ1n) is 4.16. The van der Waals surface area contributed by atoms with Gasteiger partial charge in [-0.05, 0) is 36.8 Å². The maximum atomic E-state index is 5.67. The third-order valence-electron chi connectivity index (χ3n) is 1.88. The third kappa shape index (κ3) is 2.79. The summed E-state index contributed by atoms with van der Waals surface area (Å²) in [6.45, 7) is 1.29. The minimum atomic E-state index is -2.62. The molecule has 3 nitrogen and oxygen atoms in total. The summed E-state index contributed by atoms with van der Waals surface area (Å²) in [4.78, 5) is 0. The van der Waals surface area contributed by atoms with Crippen molar-refractivity contribution >= 4 is 18.4 Å². The van der Waals surface area contributed by atoms with E-state index in [-0.39, 0.29) is 0 Å². The molecule has 1 atom stereocenters. The van der Waals surface area contributed by atoms with Gasteiger partial charge in [0.1, 0.15) is 5.75 Å². The number of para-hydroxylation sites is 1. The summed E-state index contributed by atoms with van der Waals surface area (Å²) in [6.07, 6.45) is 0. The smallest absolute Gasteiger partial charge is 0.309 e. The lowest BCUT2D eigenvalue weighted by molar-refractivity contribution is 0.391. The Balaban J connectivity index is 3.03. The lowest BCUT2D eigenvalue weighted by Crippen LogP contribution is -2.05. The fourth-order valence-electron chi connectivity index (χ4n) is 1.11. The van der Waals surface area contributed by atoms with Crippen LogP contribution in [0.3, 0.4) is 0 Å². The summed E-state index contributed by atoms with van der Waals surface area (Å²) < 4.78 is 10.4. The van der Waals surface area contributed by atoms with Gasteiger partial charge in [0.15, 0.2) is 0 Å². The second-order valence-electron chi connectivity index (χ2n) is 3.03. The molecule has 0 aliphatic rings. The molecule has 14 heavy (non-hydrogen) atoms. The van der Waals surface area contributed by atoms with E-state index in [2.05, 4.69) is 0 Å². The summed E-state index contributed by atoms with van der Waals surface area (Å²) in [7, 11) is 1.47. The molecule has 0 aliphatic carbocycles. The van der Waals surface area contributed by atoms with Gasteiger partial charge >= 0.3 is 6.64 Å². The van der Waals surface area contributed by atoms with Crippen LogP contribution in [0.2, 0.25) is 0 Å². The van der Waals surface area contributed by atoms with E-state index in [1.807, 2.05) is 32.0 Å². The SMILES string of the molecule is COP(N)(=S)Oc1c(C)cccc1C. The molecule has 5 heteroatoms. The highest BCUT2D eigenvalue weighted by Crippen LogP contribution is 2.41. The van der Waals surface area contributed by atoms with Gasteiger partial charge < -0.3 is 9.05 Å². The molecular formula is C9H14NO2PS. The van der Waals surface area contributed by atoms with Gasteiger partial charge in [0, 0.05) is 7.11 Å². The van der Waals surface area contributed by atoms with E-state index in [0.717, 1.165) is 16.9 Å². The Bertz CT molecular complexity index is 361. The molecule has 0 aliphatic heterocycles. The van der Waals surface area contributed by atoms with Gasteiger partial charge in [-0.15, -0.1) is 0 Å². The molecule has 0 saturated carbocycles. The quantitative estimate of drug-likeness (QED) is 0.812. The Kier molecular flexibility index (Phi) is 3.67. The van der Waals surface area contributed by atoms with Gasteiger partial charge in [0.05, 0.1) is 0 Å². The van der Waals surface area contributed by atoms with Crippen LogP contribution in [0.15, 0.2) is 18.2 Å². The minimum absolute atomic E-state index is 0.736. The number of hydrogen-bond donors (Lipinski definition) is 1. The van der Waals surface area contributed by atoms with Crippen molar-refractivity contribution in [1.82, 2.24) is 0 Å². The minimum Gasteiger partial charge on any atom is -0.432 e. The number of aryl methyl sites for hydroxylation is 2. The average molecular weight is 231 g/mol. The Hall–Kier alpha value is -0.410. The lowest BCUT2D eigenvalue weighted by Gasteiger charge is -2.18. The van der Waals surface area contributed by atoms with Crippen LogP contribution >= 0.6 is 6.64 Å². The predicted molar refractivity (Wildman–Crippen MR) is 62.0 cm³/mol. The summed E-state index contributed by atoms with van der Waals surface area (Å²) in [5.41, 5.74) is 7.70. The topological polar surface area (TPSA) is 44.5 Å². The lowest BCUT2D eigenvalue weighted by atomic mass is 10.1. The highest BCUT2D eigenvalue weighted by molar-refractivity contribution is 8.08. The van der Waals surface area contributed by atoms with Gasteiger partial charge in [-0.25, -0.2) is 5.50 Å². The number of hydrogen-bond acceptors (Lipinski definition) is 3. The fourth-order valence-corrected chi connectivity index (χ4v) is 1.95. The van der Waals surface area contributed by atoms with Crippen LogP contribution in [0.25, 0.3) is 0 Å². The summed E-state index contributed by atoms with van der Waals surface area (Å²) in [6, 6.07) is 5.87. The maximum Gasteiger partial charge on any atom is 0.309 e. The van der Waals surface area contributed by atoms with E-state index in [4.69, 9.17) is 26.4 Å². The highest BCUT2D eigenvalue weighted by atomic mass is 32.5. The van der Waals surface area contributed by atoms with Crippen LogP contribution in [0, 0.1) is 13.8 Å². The molecule has 1 unspecified atom stereocenters. The zero-order valence-electron chi connectivity index (χ0n) is 8.48. The van der Waals surface area contributed by atoms with Crippen LogP contribution in [0.4, 0.5) is 0 Å². The molecule has 0 heterocycles. The Morgan fingerprint density at radius 3 is 2.21 bits per heavy atom. The van der Waals surface area contributed by atoms with Crippen LogP contribution in [-0.4, -0.2) is 7.11 Å². The van der Waals surface area contributed by atoms with Crippen molar-refractivity contribution in [2.45, 2.75) is 13.8 Å². The predicted octanol–water partition coefficient (Wildman–Crippen LogP) is 2.51. The third-order valence-corrected chi connectivity index (χ3v) is 3.50. The molecule has 1 aromatic rings. The van der Waals surface area contributed by atoms with Crippen LogP contribution < -0.4 is 10.0 Å². The van der Waals surface area contributed by atoms with Gasteiger partial charge in [-0.3, -0.25) is 0 Å². The van der Waals surface area contributed by atoms with Crippen molar-refractivity contribution in [3.63, 3.8) is 0 Å². The Labute approximate surface area is 89.4 Å². The summed E-state index contributed by atoms with van der Waals surface area (Å²) in [5, 5.41) is 0. The maximum absolute atomic E-state index is 5.67. The molecule has 0 bridgehead atoms. The Morgan fingerprint density at radius 1 is 1.29 bits per heavy atom. The standard InChI is InChI=1S/C9H14NO2PS/c1-7-5-4-6-8(2)9(7)12-13(10,14)11-3/h4-6H,1-3H3,(H2,10,14). The first-order valence-corrected chi connectivity index (χ1v) is 6.87. The van der Waals surface area contributed by atoms with E-state index < -0.39 is 6.64 Å². The fraction of sp³-hybridized carbons (Fsp3) is 0.333. The molecule has 0 aromatic heterocycles. The van der Waals surface area contributed by atoms with Gasteiger partial charge in [-0.2, -0.15) is 0 Å². The molecule has 0 spiro atoms. The number of benzene rings is 1. The van der Waals surface area contributed by atoms with Gasteiger partial charge in [-0.1, -0.05) is 18.2 Å². The molecule has 1 aromatic carbocycles. The Morgan fingerprint density at radius 2 is 1.79 bits per heavy atom. The van der Waals surface area contributed by atoms with Crippen LogP contribution in [0.5, 0.6) is 5.75 Å². The van der Waals surface area contributed by atoms with E-state index in [1.54, 1.807) is 0 Å². The van der Waals surface area contributed by atoms with Gasteiger partial charge in [0.25, 0.3) is 0 Å². The van der Waals surface area contributed by atoms with E-state index in [1.165, 1.54) is 7.11 Å². The second kappa shape index (κ2) is 4.41. The molecule has 0 radical (unpaired) electrons. The van der Waals surface area contributed by atoms with Crippen molar-refractivity contribution in [2.24, 2.45) is 5.50 Å². The first-order chi connectivity index (χ1) is 6.46. The zero-order chi connectivity index (χ0) is 10.8. The molecule has 0 amide bonds. The molecule has 78 valence electrons. The number of rotatable bonds is 3. The zero-order valence-corrected chi connectivity index (χ0v) is 10.2. The van der Waals surface area contributed by atoms with Crippen molar-refractivity contribution < 1.29 is 9.05 Å². The van der Waals surface area contributed by atoms with E-state index >= 15 is 0 Å². The first kappa shape index (κ1) is 11.7. The molecule has 2 N–H and O–H groups in total. The normalized spacial score (nSPS) is 14.9. The molecular weight excluding hydrogens is 217 g/mol. The van der Waals surface area contributed by atoms with Crippen LogP contribution in [0.1, 0.15) is 11.1 Å². The van der Waals surface area contributed by atoms with Crippen molar-refractivity contribution in [1.29, 1.82) is 0 Å². The van der Waals surface area contributed by atoms with Crippen molar-refractivity contribution in [2.75, 3.05) is 7.11 Å². The molecule has 0 fully saturated rings. The summed E-state index contributed by atoms with van der Waals surface area (Å²) in [5.74, 6) is 0.736. The van der Waals surface area contributed by atoms with Gasteiger partial charge in [0.2, 0.25) is 0 Å². The monoisotopic (exact) mass is 231 g/mol. The highest BCUT2D eigenvalue weighted by Gasteiger charge is 2.14. The van der Waals surface area contributed by atoms with Crippen molar-refractivity contribution in [3.05, 3.63) is 29.3 Å². The number of nitrogens with two attached hydrogens (primary N) is 1. The summed E-state index contributed by atoms with van der Waals surface area (Å²) >= 11 is 4.99. The van der Waals surface area contributed by atoms with E-state index in [0.29, 0.717) is 0 Å². The van der Waals surface area contributed by atoms with Crippen LogP contribution in [-0.2, 0) is 16.3 Å². The average Bonchev–Trinajstić information content (AvgIpc) is 2.12. The molecule has 1 rings (SSSR count). The second-order valence-corrected chi connectivity index (χ2v) is 6.19. The molecule has 0 saturated heterocycles. The van der Waals surface area contributed by atoms with Crippen molar-refractivity contribution in [3.8, 4) is 5.75 Å².